The van der Waals surface area contributed by atoms with Gasteiger partial charge in [0.15, 0.2) is 12.4 Å². The standard InChI is InChI=1S/C23H23FN6O3/c1-13-7-8-16(10-17(13)24)30-11-15(9-20(30)31)21(32)33-12-19-27-22(25)29-23(28-19)26-18-6-4-3-5-14(18)2/h3-8,10,15H,9,11-12H2,1-2H3,(H3,25,26,27,28,29). The number of esters is 1. The van der Waals surface area contributed by atoms with Gasteiger partial charge < -0.3 is 20.7 Å². The Morgan fingerprint density at radius 3 is 2.73 bits per heavy atom. The Morgan fingerprint density at radius 2 is 1.97 bits per heavy atom. The number of nitrogen functional groups attached to an aromatic ring is 1. The lowest BCUT2D eigenvalue weighted by Gasteiger charge is -2.17. The van der Waals surface area contributed by atoms with Crippen molar-refractivity contribution in [3.05, 3.63) is 65.2 Å². The van der Waals surface area contributed by atoms with Crippen LogP contribution in [0, 0.1) is 25.6 Å². The number of rotatable bonds is 6. The Balaban J connectivity index is 1.39. The molecule has 0 spiro atoms. The molecule has 1 saturated heterocycles. The van der Waals surface area contributed by atoms with Crippen LogP contribution in [0.3, 0.4) is 0 Å². The summed E-state index contributed by atoms with van der Waals surface area (Å²) < 4.78 is 19.2. The number of amides is 1. The summed E-state index contributed by atoms with van der Waals surface area (Å²) >= 11 is 0. The van der Waals surface area contributed by atoms with Gasteiger partial charge >= 0.3 is 5.97 Å². The first kappa shape index (κ1) is 22.1. The van der Waals surface area contributed by atoms with Gasteiger partial charge in [0.25, 0.3) is 0 Å². The quantitative estimate of drug-likeness (QED) is 0.549. The second kappa shape index (κ2) is 9.19. The monoisotopic (exact) mass is 450 g/mol. The van der Waals surface area contributed by atoms with Gasteiger partial charge in [-0.05, 0) is 43.2 Å². The van der Waals surface area contributed by atoms with Gasteiger partial charge in [0, 0.05) is 24.3 Å². The summed E-state index contributed by atoms with van der Waals surface area (Å²) in [5.41, 5.74) is 8.47. The molecule has 1 aliphatic heterocycles. The minimum Gasteiger partial charge on any atom is -0.457 e. The van der Waals surface area contributed by atoms with Gasteiger partial charge in [-0.3, -0.25) is 9.59 Å². The van der Waals surface area contributed by atoms with E-state index in [1.807, 2.05) is 31.2 Å². The number of nitrogens with two attached hydrogens (primary N) is 1. The summed E-state index contributed by atoms with van der Waals surface area (Å²) in [5, 5.41) is 3.07. The second-order valence-electron chi connectivity index (χ2n) is 7.82. The van der Waals surface area contributed by atoms with E-state index < -0.39 is 17.7 Å². The summed E-state index contributed by atoms with van der Waals surface area (Å²) in [6.07, 6.45) is -0.0201. The van der Waals surface area contributed by atoms with E-state index >= 15 is 0 Å². The van der Waals surface area contributed by atoms with Crippen LogP contribution in [0.4, 0.5) is 27.7 Å². The molecule has 2 heterocycles. The number of anilines is 4. The van der Waals surface area contributed by atoms with Crippen molar-refractivity contribution in [1.29, 1.82) is 0 Å². The van der Waals surface area contributed by atoms with E-state index in [0.717, 1.165) is 11.3 Å². The molecule has 10 heteroatoms. The molecule has 3 N–H and O–H groups in total. The number of carbonyl (C=O) groups is 2. The van der Waals surface area contributed by atoms with Crippen molar-refractivity contribution in [3.8, 4) is 0 Å². The lowest BCUT2D eigenvalue weighted by molar-refractivity contribution is -0.149. The average Bonchev–Trinajstić information content (AvgIpc) is 3.17. The number of carbonyl (C=O) groups excluding carboxylic acids is 2. The number of aromatic nitrogens is 3. The molecule has 2 aromatic carbocycles. The van der Waals surface area contributed by atoms with Crippen LogP contribution in [0.2, 0.25) is 0 Å². The molecule has 0 aliphatic carbocycles. The maximum absolute atomic E-state index is 13.9. The smallest absolute Gasteiger partial charge is 0.311 e. The molecular weight excluding hydrogens is 427 g/mol. The third-order valence-electron chi connectivity index (χ3n) is 5.36. The van der Waals surface area contributed by atoms with Crippen LogP contribution >= 0.6 is 0 Å². The van der Waals surface area contributed by atoms with Gasteiger partial charge in [-0.1, -0.05) is 24.3 Å². The van der Waals surface area contributed by atoms with Gasteiger partial charge in [0.1, 0.15) is 5.82 Å². The molecule has 0 saturated carbocycles. The number of hydrogen-bond acceptors (Lipinski definition) is 8. The van der Waals surface area contributed by atoms with E-state index in [1.165, 1.54) is 11.0 Å². The Labute approximate surface area is 189 Å². The molecule has 170 valence electrons. The van der Waals surface area contributed by atoms with Crippen molar-refractivity contribution in [3.63, 3.8) is 0 Å². The lowest BCUT2D eigenvalue weighted by atomic mass is 10.1. The highest BCUT2D eigenvalue weighted by atomic mass is 19.1. The average molecular weight is 450 g/mol. The number of para-hydroxylation sites is 1. The molecule has 0 bridgehead atoms. The molecule has 1 fully saturated rings. The topological polar surface area (TPSA) is 123 Å². The normalized spacial score (nSPS) is 15.5. The third kappa shape index (κ3) is 5.05. The zero-order valence-electron chi connectivity index (χ0n) is 18.2. The van der Waals surface area contributed by atoms with E-state index in [0.29, 0.717) is 11.3 Å². The summed E-state index contributed by atoms with van der Waals surface area (Å²) in [4.78, 5) is 38.7. The zero-order chi connectivity index (χ0) is 23.5. The largest absolute Gasteiger partial charge is 0.457 e. The first-order valence-electron chi connectivity index (χ1n) is 10.4. The highest BCUT2D eigenvalue weighted by Gasteiger charge is 2.36. The van der Waals surface area contributed by atoms with Crippen LogP contribution < -0.4 is 16.0 Å². The van der Waals surface area contributed by atoms with Crippen LogP contribution in [0.15, 0.2) is 42.5 Å². The third-order valence-corrected chi connectivity index (χ3v) is 5.36. The molecule has 33 heavy (non-hydrogen) atoms. The Morgan fingerprint density at radius 1 is 1.18 bits per heavy atom. The fourth-order valence-corrected chi connectivity index (χ4v) is 3.51. The van der Waals surface area contributed by atoms with Crippen LogP contribution in [0.1, 0.15) is 23.4 Å². The highest BCUT2D eigenvalue weighted by Crippen LogP contribution is 2.27. The highest BCUT2D eigenvalue weighted by molar-refractivity contribution is 5.99. The Bertz CT molecular complexity index is 1220. The van der Waals surface area contributed by atoms with E-state index in [1.54, 1.807) is 19.1 Å². The van der Waals surface area contributed by atoms with Crippen molar-refractivity contribution in [2.45, 2.75) is 26.9 Å². The fourth-order valence-electron chi connectivity index (χ4n) is 3.51. The maximum atomic E-state index is 13.9. The number of hydrogen-bond donors (Lipinski definition) is 2. The molecule has 1 aromatic heterocycles. The minimum absolute atomic E-state index is 0.0178. The maximum Gasteiger partial charge on any atom is 0.311 e. The van der Waals surface area contributed by atoms with Gasteiger partial charge in [0.2, 0.25) is 17.8 Å². The van der Waals surface area contributed by atoms with E-state index in [9.17, 15) is 14.0 Å². The molecule has 1 unspecified atom stereocenters. The lowest BCUT2D eigenvalue weighted by Crippen LogP contribution is -2.26. The summed E-state index contributed by atoms with van der Waals surface area (Å²) in [6.45, 7) is 3.46. The van der Waals surface area contributed by atoms with Gasteiger partial charge in [-0.15, -0.1) is 0 Å². The van der Waals surface area contributed by atoms with Crippen molar-refractivity contribution >= 4 is 35.1 Å². The number of ether oxygens (including phenoxy) is 1. The molecule has 3 aromatic rings. The van der Waals surface area contributed by atoms with Gasteiger partial charge in [-0.25, -0.2) is 4.39 Å². The number of nitrogens with one attached hydrogen (secondary N) is 1. The molecule has 9 nitrogen and oxygen atoms in total. The first-order valence-corrected chi connectivity index (χ1v) is 10.4. The van der Waals surface area contributed by atoms with Gasteiger partial charge in [0.05, 0.1) is 5.92 Å². The number of nitrogens with zero attached hydrogens (tertiary/aromatic N) is 4. The molecular formula is C23H23FN6O3. The molecule has 0 radical (unpaired) electrons. The summed E-state index contributed by atoms with van der Waals surface area (Å²) in [6, 6.07) is 12.1. The van der Waals surface area contributed by atoms with Crippen LogP contribution in [0.5, 0.6) is 0 Å². The zero-order valence-corrected chi connectivity index (χ0v) is 18.2. The van der Waals surface area contributed by atoms with Gasteiger partial charge in [-0.2, -0.15) is 15.0 Å². The van der Waals surface area contributed by atoms with Crippen molar-refractivity contribution in [1.82, 2.24) is 15.0 Å². The molecule has 4 rings (SSSR count). The van der Waals surface area contributed by atoms with Crippen LogP contribution in [-0.4, -0.2) is 33.4 Å². The fraction of sp³-hybridized carbons (Fsp3) is 0.261. The Hall–Kier alpha value is -4.08. The Kier molecular flexibility index (Phi) is 6.16. The summed E-state index contributed by atoms with van der Waals surface area (Å²) in [5.74, 6) is -1.53. The van der Waals surface area contributed by atoms with Crippen molar-refractivity contribution in [2.75, 3.05) is 22.5 Å². The molecule has 1 amide bonds. The van der Waals surface area contributed by atoms with Crippen LogP contribution in [0.25, 0.3) is 0 Å². The minimum atomic E-state index is -0.675. The SMILES string of the molecule is Cc1ccc(N2CC(C(=O)OCc3nc(N)nc(Nc4ccccc4C)n3)CC2=O)cc1F. The molecule has 1 aliphatic rings. The predicted molar refractivity (Wildman–Crippen MR) is 120 cm³/mol. The first-order chi connectivity index (χ1) is 15.8. The predicted octanol–water partition coefficient (Wildman–Crippen LogP) is 3.05. The molecule has 1 atom stereocenters. The van der Waals surface area contributed by atoms with E-state index in [-0.39, 0.29) is 43.2 Å². The van der Waals surface area contributed by atoms with E-state index in [2.05, 4.69) is 20.3 Å². The van der Waals surface area contributed by atoms with Crippen molar-refractivity contribution < 1.29 is 18.7 Å². The number of benzene rings is 2. The second-order valence-corrected chi connectivity index (χ2v) is 7.82. The number of aryl methyl sites for hydroxylation is 2. The van der Waals surface area contributed by atoms with Crippen molar-refractivity contribution in [2.24, 2.45) is 5.92 Å². The van der Waals surface area contributed by atoms with Crippen LogP contribution in [-0.2, 0) is 20.9 Å². The van der Waals surface area contributed by atoms with E-state index in [4.69, 9.17) is 10.5 Å². The summed E-state index contributed by atoms with van der Waals surface area (Å²) in [7, 11) is 0. The number of halogens is 1.